The molecule has 0 unspecified atom stereocenters. The van der Waals surface area contributed by atoms with Crippen LogP contribution in [0.4, 0.5) is 5.69 Å². The van der Waals surface area contributed by atoms with Crippen molar-refractivity contribution in [1.82, 2.24) is 9.38 Å². The fraction of sp³-hybridized carbons (Fsp3) is 0.222. The smallest absolute Gasteiger partial charge is 0.274 e. The Labute approximate surface area is 134 Å². The Morgan fingerprint density at radius 3 is 2.70 bits per heavy atom. The second kappa shape index (κ2) is 6.12. The number of phenolic OH excluding ortho intramolecular Hbond substituents is 1. The van der Waals surface area contributed by atoms with Crippen molar-refractivity contribution in [3.63, 3.8) is 0 Å². The van der Waals surface area contributed by atoms with Crippen LogP contribution in [-0.4, -0.2) is 20.4 Å². The maximum absolute atomic E-state index is 12.7. The highest BCUT2D eigenvalue weighted by molar-refractivity contribution is 6.04. The highest BCUT2D eigenvalue weighted by Gasteiger charge is 2.19. The third-order valence-corrected chi connectivity index (χ3v) is 3.68. The number of benzene rings is 1. The molecule has 1 aromatic carbocycles. The number of rotatable bonds is 4. The number of aromatic nitrogens is 2. The van der Waals surface area contributed by atoms with Gasteiger partial charge < -0.3 is 10.4 Å². The van der Waals surface area contributed by atoms with Crippen molar-refractivity contribution in [3.8, 4) is 5.75 Å². The number of aryl methyl sites for hydroxylation is 2. The topological polar surface area (TPSA) is 66.6 Å². The molecule has 5 nitrogen and oxygen atoms in total. The molecule has 0 fully saturated rings. The zero-order chi connectivity index (χ0) is 16.4. The highest BCUT2D eigenvalue weighted by Crippen LogP contribution is 2.19. The van der Waals surface area contributed by atoms with Gasteiger partial charge in [-0.05, 0) is 55.3 Å². The molecule has 0 bridgehead atoms. The van der Waals surface area contributed by atoms with Crippen LogP contribution >= 0.6 is 0 Å². The van der Waals surface area contributed by atoms with Crippen molar-refractivity contribution >= 4 is 17.2 Å². The molecule has 0 saturated carbocycles. The largest absolute Gasteiger partial charge is 0.508 e. The molecule has 3 aromatic rings. The van der Waals surface area contributed by atoms with E-state index in [0.717, 1.165) is 29.7 Å². The van der Waals surface area contributed by atoms with Gasteiger partial charge in [-0.15, -0.1) is 0 Å². The van der Waals surface area contributed by atoms with Gasteiger partial charge in [0.1, 0.15) is 17.1 Å². The lowest BCUT2D eigenvalue weighted by molar-refractivity contribution is 0.102. The average Bonchev–Trinajstić information content (AvgIpc) is 2.87. The van der Waals surface area contributed by atoms with Crippen molar-refractivity contribution in [2.45, 2.75) is 26.7 Å². The van der Waals surface area contributed by atoms with Crippen molar-refractivity contribution in [2.75, 3.05) is 5.32 Å². The minimum Gasteiger partial charge on any atom is -0.508 e. The van der Waals surface area contributed by atoms with Crippen LogP contribution in [0.2, 0.25) is 0 Å². The zero-order valence-electron chi connectivity index (χ0n) is 13.2. The first kappa shape index (κ1) is 15.1. The minimum atomic E-state index is -0.199. The number of carbonyl (C=O) groups is 1. The average molecular weight is 309 g/mol. The first-order valence-electron chi connectivity index (χ1n) is 7.66. The third-order valence-electron chi connectivity index (χ3n) is 3.68. The first-order valence-corrected chi connectivity index (χ1v) is 7.66. The number of phenols is 1. The predicted molar refractivity (Wildman–Crippen MR) is 90.0 cm³/mol. The number of amides is 1. The van der Waals surface area contributed by atoms with E-state index in [-0.39, 0.29) is 11.7 Å². The van der Waals surface area contributed by atoms with Crippen molar-refractivity contribution < 1.29 is 9.90 Å². The van der Waals surface area contributed by atoms with E-state index < -0.39 is 0 Å². The van der Waals surface area contributed by atoms with Gasteiger partial charge in [-0.1, -0.05) is 13.3 Å². The lowest BCUT2D eigenvalue weighted by Gasteiger charge is -2.07. The number of imidazole rings is 1. The fourth-order valence-electron chi connectivity index (χ4n) is 2.58. The molecule has 0 spiro atoms. The molecule has 2 heterocycles. The molecule has 0 aliphatic heterocycles. The standard InChI is InChI=1S/C18H19N3O2/c1-3-4-15-17(21-10-9-12(2)11-16(21)20-15)18(23)19-13-5-7-14(22)8-6-13/h5-11,22H,3-4H2,1-2H3,(H,19,23). The quantitative estimate of drug-likeness (QED) is 0.724. The van der Waals surface area contributed by atoms with Crippen LogP contribution in [0, 0.1) is 6.92 Å². The number of nitrogens with zero attached hydrogens (tertiary/aromatic N) is 2. The monoisotopic (exact) mass is 309 g/mol. The molecule has 0 saturated heterocycles. The number of anilines is 1. The maximum atomic E-state index is 12.7. The van der Waals surface area contributed by atoms with Gasteiger partial charge in [0, 0.05) is 11.9 Å². The maximum Gasteiger partial charge on any atom is 0.274 e. The number of aromatic hydroxyl groups is 1. The molecule has 0 atom stereocenters. The number of hydrogen-bond acceptors (Lipinski definition) is 3. The number of hydrogen-bond donors (Lipinski definition) is 2. The van der Waals surface area contributed by atoms with E-state index in [1.54, 1.807) is 24.3 Å². The molecule has 2 aromatic heterocycles. The van der Waals surface area contributed by atoms with Gasteiger partial charge in [0.2, 0.25) is 0 Å². The van der Waals surface area contributed by atoms with Gasteiger partial charge in [0.25, 0.3) is 5.91 Å². The SMILES string of the molecule is CCCc1nc2cc(C)ccn2c1C(=O)Nc1ccc(O)cc1. The molecule has 2 N–H and O–H groups in total. The second-order valence-electron chi connectivity index (χ2n) is 5.59. The normalized spacial score (nSPS) is 10.9. The number of fused-ring (bicyclic) bond motifs is 1. The second-order valence-corrected chi connectivity index (χ2v) is 5.59. The van der Waals surface area contributed by atoms with Crippen LogP contribution < -0.4 is 5.32 Å². The van der Waals surface area contributed by atoms with Gasteiger partial charge in [-0.3, -0.25) is 9.20 Å². The Bertz CT molecular complexity index is 851. The molecule has 3 rings (SSSR count). The van der Waals surface area contributed by atoms with Crippen LogP contribution in [-0.2, 0) is 6.42 Å². The highest BCUT2D eigenvalue weighted by atomic mass is 16.3. The van der Waals surface area contributed by atoms with E-state index in [1.807, 2.05) is 29.7 Å². The first-order chi connectivity index (χ1) is 11.1. The van der Waals surface area contributed by atoms with Crippen molar-refractivity contribution in [1.29, 1.82) is 0 Å². The van der Waals surface area contributed by atoms with E-state index >= 15 is 0 Å². The summed E-state index contributed by atoms with van der Waals surface area (Å²) >= 11 is 0. The molecule has 118 valence electrons. The Balaban J connectivity index is 2.00. The number of nitrogens with one attached hydrogen (secondary N) is 1. The predicted octanol–water partition coefficient (Wildman–Crippen LogP) is 3.55. The van der Waals surface area contributed by atoms with Crippen molar-refractivity contribution in [3.05, 3.63) is 59.5 Å². The van der Waals surface area contributed by atoms with Gasteiger partial charge in [-0.25, -0.2) is 4.98 Å². The van der Waals surface area contributed by atoms with E-state index in [4.69, 9.17) is 0 Å². The van der Waals surface area contributed by atoms with Gasteiger partial charge >= 0.3 is 0 Å². The minimum absolute atomic E-state index is 0.167. The van der Waals surface area contributed by atoms with Gasteiger partial charge in [0.05, 0.1) is 5.69 Å². The van der Waals surface area contributed by atoms with E-state index in [9.17, 15) is 9.90 Å². The van der Waals surface area contributed by atoms with Crippen LogP contribution in [0.1, 0.15) is 35.1 Å². The molecular weight excluding hydrogens is 290 g/mol. The summed E-state index contributed by atoms with van der Waals surface area (Å²) in [6, 6.07) is 10.3. The Morgan fingerprint density at radius 1 is 1.26 bits per heavy atom. The van der Waals surface area contributed by atoms with E-state index in [2.05, 4.69) is 17.2 Å². The molecule has 0 radical (unpaired) electrons. The summed E-state index contributed by atoms with van der Waals surface area (Å²) < 4.78 is 1.83. The summed E-state index contributed by atoms with van der Waals surface area (Å²) in [4.78, 5) is 17.3. The van der Waals surface area contributed by atoms with Gasteiger partial charge in [-0.2, -0.15) is 0 Å². The summed E-state index contributed by atoms with van der Waals surface area (Å²) in [7, 11) is 0. The molecule has 1 amide bonds. The van der Waals surface area contributed by atoms with E-state index in [0.29, 0.717) is 11.4 Å². The molecule has 23 heavy (non-hydrogen) atoms. The summed E-state index contributed by atoms with van der Waals surface area (Å²) in [5.41, 5.74) is 3.89. The zero-order valence-corrected chi connectivity index (χ0v) is 13.2. The van der Waals surface area contributed by atoms with Crippen LogP contribution in [0.5, 0.6) is 5.75 Å². The lowest BCUT2D eigenvalue weighted by Crippen LogP contribution is -2.16. The van der Waals surface area contributed by atoms with Crippen LogP contribution in [0.15, 0.2) is 42.6 Å². The third kappa shape index (κ3) is 3.04. The molecule has 5 heteroatoms. The van der Waals surface area contributed by atoms with Crippen molar-refractivity contribution in [2.24, 2.45) is 0 Å². The number of pyridine rings is 1. The lowest BCUT2D eigenvalue weighted by atomic mass is 10.2. The van der Waals surface area contributed by atoms with E-state index in [1.165, 1.54) is 0 Å². The molecule has 0 aliphatic carbocycles. The van der Waals surface area contributed by atoms with Crippen LogP contribution in [0.3, 0.4) is 0 Å². The fourth-order valence-corrected chi connectivity index (χ4v) is 2.58. The van der Waals surface area contributed by atoms with Crippen LogP contribution in [0.25, 0.3) is 5.65 Å². The summed E-state index contributed by atoms with van der Waals surface area (Å²) in [6.45, 7) is 4.07. The summed E-state index contributed by atoms with van der Waals surface area (Å²) in [6.07, 6.45) is 3.55. The Hall–Kier alpha value is -2.82. The Morgan fingerprint density at radius 2 is 2.00 bits per heavy atom. The summed E-state index contributed by atoms with van der Waals surface area (Å²) in [5, 5.41) is 12.2. The Kier molecular flexibility index (Phi) is 4.02. The van der Waals surface area contributed by atoms with Gasteiger partial charge in [0.15, 0.2) is 0 Å². The summed E-state index contributed by atoms with van der Waals surface area (Å²) in [5.74, 6) is -0.0320. The molecule has 0 aliphatic rings. The molecular formula is C18H19N3O2. The number of carbonyl (C=O) groups excluding carboxylic acids is 1.